The zero-order valence-corrected chi connectivity index (χ0v) is 22.3. The van der Waals surface area contributed by atoms with Crippen LogP contribution in [-0.4, -0.2) is 99.7 Å². The summed E-state index contributed by atoms with van der Waals surface area (Å²) >= 11 is 0. The van der Waals surface area contributed by atoms with Crippen LogP contribution in [0.1, 0.15) is 33.5 Å². The molecule has 11 nitrogen and oxygen atoms in total. The number of phenols is 1. The Labute approximate surface area is 232 Å². The van der Waals surface area contributed by atoms with Crippen LogP contribution >= 0.6 is 0 Å². The predicted molar refractivity (Wildman–Crippen MR) is 135 cm³/mol. The van der Waals surface area contributed by atoms with Gasteiger partial charge in [0.05, 0.1) is 30.4 Å². The van der Waals surface area contributed by atoms with Crippen LogP contribution in [0.4, 0.5) is 13.2 Å². The molecule has 6 N–H and O–H groups in total. The molecule has 0 radical (unpaired) electrons. The lowest BCUT2D eigenvalue weighted by atomic mass is 9.58. The van der Waals surface area contributed by atoms with Crippen LogP contribution in [0.5, 0.6) is 5.75 Å². The first-order chi connectivity index (χ1) is 19.1. The second kappa shape index (κ2) is 9.82. The number of fused-ring (bicyclic) bond motifs is 3. The Morgan fingerprint density at radius 3 is 2.39 bits per heavy atom. The maximum Gasteiger partial charge on any atom is 0.417 e. The van der Waals surface area contributed by atoms with E-state index in [1.54, 1.807) is 4.90 Å². The Morgan fingerprint density at radius 2 is 1.83 bits per heavy atom. The first-order valence-electron chi connectivity index (χ1n) is 13.0. The van der Waals surface area contributed by atoms with E-state index < -0.39 is 98.7 Å². The number of carbonyl (C=O) groups is 3. The van der Waals surface area contributed by atoms with Gasteiger partial charge in [0.25, 0.3) is 5.91 Å². The lowest BCUT2D eigenvalue weighted by Gasteiger charge is -2.50. The molecule has 41 heavy (non-hydrogen) atoms. The summed E-state index contributed by atoms with van der Waals surface area (Å²) in [6.45, 7) is 1.27. The number of primary amides is 1. The van der Waals surface area contributed by atoms with Crippen molar-refractivity contribution >= 4 is 17.5 Å². The van der Waals surface area contributed by atoms with Gasteiger partial charge in [0, 0.05) is 31.1 Å². The van der Waals surface area contributed by atoms with Crippen molar-refractivity contribution in [2.75, 3.05) is 40.4 Å². The molecule has 5 rings (SSSR count). The summed E-state index contributed by atoms with van der Waals surface area (Å²) in [5, 5.41) is 44.6. The molecule has 0 unspecified atom stereocenters. The number of aliphatic hydroxyl groups is 3. The number of benzene rings is 1. The molecule has 1 fully saturated rings. The van der Waals surface area contributed by atoms with E-state index in [9.17, 15) is 48.0 Å². The van der Waals surface area contributed by atoms with Gasteiger partial charge in [0.2, 0.25) is 5.78 Å². The van der Waals surface area contributed by atoms with Gasteiger partial charge in [-0.2, -0.15) is 13.2 Å². The minimum Gasteiger partial charge on any atom is -0.510 e. The van der Waals surface area contributed by atoms with E-state index in [0.29, 0.717) is 26.3 Å². The Bertz CT molecular complexity index is 1410. The molecular weight excluding hydrogens is 551 g/mol. The van der Waals surface area contributed by atoms with Crippen LogP contribution in [0.25, 0.3) is 0 Å². The highest BCUT2D eigenvalue weighted by Crippen LogP contribution is 2.54. The molecule has 222 valence electrons. The summed E-state index contributed by atoms with van der Waals surface area (Å²) in [6.07, 6.45) is -5.66. The van der Waals surface area contributed by atoms with E-state index in [1.807, 2.05) is 0 Å². The number of ketones is 2. The van der Waals surface area contributed by atoms with Crippen LogP contribution in [0.2, 0.25) is 0 Å². The number of hydrogen-bond acceptors (Lipinski definition) is 10. The average Bonchev–Trinajstić information content (AvgIpc) is 2.85. The summed E-state index contributed by atoms with van der Waals surface area (Å²) in [5.74, 6) is -9.04. The van der Waals surface area contributed by atoms with Gasteiger partial charge in [-0.1, -0.05) is 0 Å². The molecule has 14 heteroatoms. The molecule has 1 aliphatic heterocycles. The SMILES string of the molecule is CN(C)[C@@H]1C(O)=C(C(N)=O)C(=O)[C@@]2(O)C(O)=C3C(=O)c4c(O)cc(CN5CCOCC5)c(C(F)(F)F)c4C[C@H]3C[C@@H]12. The summed E-state index contributed by atoms with van der Waals surface area (Å²) in [6, 6.07) is -0.365. The third-order valence-electron chi connectivity index (χ3n) is 8.59. The van der Waals surface area contributed by atoms with E-state index in [0.717, 1.165) is 6.07 Å². The van der Waals surface area contributed by atoms with Crippen molar-refractivity contribution in [3.05, 3.63) is 51.0 Å². The number of hydrogen-bond donors (Lipinski definition) is 5. The van der Waals surface area contributed by atoms with Crippen molar-refractivity contribution in [3.63, 3.8) is 0 Å². The van der Waals surface area contributed by atoms with Crippen molar-refractivity contribution in [1.82, 2.24) is 9.80 Å². The molecule has 0 spiro atoms. The Hall–Kier alpha value is -3.46. The van der Waals surface area contributed by atoms with E-state index in [4.69, 9.17) is 10.5 Å². The molecule has 1 heterocycles. The Kier molecular flexibility index (Phi) is 6.96. The van der Waals surface area contributed by atoms with Gasteiger partial charge < -0.3 is 30.9 Å². The Balaban J connectivity index is 1.69. The monoisotopic (exact) mass is 581 g/mol. The van der Waals surface area contributed by atoms with Crippen molar-refractivity contribution < 1.29 is 52.7 Å². The molecule has 4 aliphatic rings. The van der Waals surface area contributed by atoms with E-state index >= 15 is 0 Å². The van der Waals surface area contributed by atoms with Gasteiger partial charge in [0.1, 0.15) is 22.8 Å². The number of allylic oxidation sites excluding steroid dienone is 1. The topological polar surface area (TPSA) is 174 Å². The average molecular weight is 582 g/mol. The highest BCUT2D eigenvalue weighted by molar-refractivity contribution is 6.24. The largest absolute Gasteiger partial charge is 0.510 e. The zero-order valence-electron chi connectivity index (χ0n) is 22.3. The fourth-order valence-electron chi connectivity index (χ4n) is 6.87. The van der Waals surface area contributed by atoms with Crippen LogP contribution in [0.15, 0.2) is 28.7 Å². The zero-order chi connectivity index (χ0) is 30.2. The molecule has 0 bridgehead atoms. The number of Topliss-reactive ketones (excluding diaryl/α,β-unsaturated/α-hetero) is 2. The fourth-order valence-corrected chi connectivity index (χ4v) is 6.87. The minimum absolute atomic E-state index is 0.153. The number of ether oxygens (including phenoxy) is 1. The molecule has 3 aliphatic carbocycles. The number of morpholine rings is 1. The lowest BCUT2D eigenvalue weighted by molar-refractivity contribution is -0.148. The Morgan fingerprint density at radius 1 is 1.20 bits per heavy atom. The number of nitrogens with two attached hydrogens (primary N) is 1. The number of rotatable bonds is 4. The van der Waals surface area contributed by atoms with E-state index in [1.165, 1.54) is 19.0 Å². The fraction of sp³-hybridized carbons (Fsp3) is 0.519. The van der Waals surface area contributed by atoms with Gasteiger partial charge in [-0.25, -0.2) is 0 Å². The second-order valence-corrected chi connectivity index (χ2v) is 11.1. The first-order valence-corrected chi connectivity index (χ1v) is 13.0. The van der Waals surface area contributed by atoms with Crippen LogP contribution < -0.4 is 5.73 Å². The maximum absolute atomic E-state index is 14.6. The maximum atomic E-state index is 14.6. The number of alkyl halides is 3. The lowest BCUT2D eigenvalue weighted by Crippen LogP contribution is -2.63. The second-order valence-electron chi connectivity index (χ2n) is 11.1. The standard InChI is InChI=1S/C27H30F3N3O8/c1-32(2)20-14-8-11-7-13-17(15(34)9-12(19(13)27(28,29)30)10-33-3-5-41-6-4-33)21(35)16(11)23(37)26(14,40)24(38)18(22(20)36)25(31)39/h9,11,14,20,34,36-37,40H,3-8,10H2,1-2H3,(H2,31,39)/t11-,14-,20-,26-/m0/s1. The van der Waals surface area contributed by atoms with E-state index in [2.05, 4.69) is 0 Å². The molecule has 1 aromatic carbocycles. The molecule has 1 amide bonds. The number of nitrogens with zero attached hydrogens (tertiary/aromatic N) is 2. The van der Waals surface area contributed by atoms with Gasteiger partial charge in [-0.3, -0.25) is 24.2 Å². The highest BCUT2D eigenvalue weighted by atomic mass is 19.4. The first kappa shape index (κ1) is 29.0. The number of carbonyl (C=O) groups excluding carboxylic acids is 3. The number of halogens is 3. The number of phenolic OH excluding ortho intramolecular Hbond substituents is 1. The summed E-state index contributed by atoms with van der Waals surface area (Å²) in [7, 11) is 2.93. The van der Waals surface area contributed by atoms with Gasteiger partial charge in [0.15, 0.2) is 11.4 Å². The van der Waals surface area contributed by atoms with E-state index in [-0.39, 0.29) is 18.5 Å². The van der Waals surface area contributed by atoms with Crippen LogP contribution in [0.3, 0.4) is 0 Å². The van der Waals surface area contributed by atoms with Gasteiger partial charge in [-0.05, 0) is 50.0 Å². The number of aliphatic hydroxyl groups excluding tert-OH is 2. The predicted octanol–water partition coefficient (Wildman–Crippen LogP) is 0.972. The summed E-state index contributed by atoms with van der Waals surface area (Å²) < 4.78 is 49.1. The van der Waals surface area contributed by atoms with Gasteiger partial charge in [-0.15, -0.1) is 0 Å². The van der Waals surface area contributed by atoms with Gasteiger partial charge >= 0.3 is 6.18 Å². The number of aromatic hydroxyl groups is 1. The van der Waals surface area contributed by atoms with Crippen molar-refractivity contribution in [2.45, 2.75) is 37.2 Å². The number of amides is 1. The molecular formula is C27H30F3N3O8. The molecule has 1 saturated heterocycles. The highest BCUT2D eigenvalue weighted by Gasteiger charge is 2.63. The molecule has 1 aromatic rings. The van der Waals surface area contributed by atoms with Crippen molar-refractivity contribution in [3.8, 4) is 5.75 Å². The van der Waals surface area contributed by atoms with Crippen molar-refractivity contribution in [2.24, 2.45) is 17.6 Å². The smallest absolute Gasteiger partial charge is 0.417 e. The van der Waals surface area contributed by atoms with Crippen LogP contribution in [-0.2, 0) is 33.5 Å². The molecule has 0 aromatic heterocycles. The normalized spacial score (nSPS) is 29.0. The quantitative estimate of drug-likeness (QED) is 0.323. The minimum atomic E-state index is -4.90. The summed E-state index contributed by atoms with van der Waals surface area (Å²) in [4.78, 5) is 42.2. The number of likely N-dealkylation sites (N-methyl/N-ethyl adjacent to an activating group) is 1. The van der Waals surface area contributed by atoms with Crippen molar-refractivity contribution in [1.29, 1.82) is 0 Å². The third-order valence-corrected chi connectivity index (χ3v) is 8.59. The summed E-state index contributed by atoms with van der Waals surface area (Å²) in [5.41, 5.74) is -1.47. The van der Waals surface area contributed by atoms with Crippen LogP contribution in [0, 0.1) is 11.8 Å². The third kappa shape index (κ3) is 4.31. The molecule has 4 atom stereocenters. The molecule has 0 saturated carbocycles.